The zero-order valence-corrected chi connectivity index (χ0v) is 8.20. The molecule has 13 heavy (non-hydrogen) atoms. The van der Waals surface area contributed by atoms with Gasteiger partial charge in [0, 0.05) is 12.6 Å². The fraction of sp³-hybridized carbons (Fsp3) is 0.556. The molecule has 0 aromatic carbocycles. The maximum absolute atomic E-state index is 4.01. The number of aromatic nitrogens is 3. The van der Waals surface area contributed by atoms with Gasteiger partial charge in [0.1, 0.15) is 12.2 Å². The molecule has 1 N–H and O–H groups in total. The highest BCUT2D eigenvalue weighted by atomic mass is 15.3. The number of nitrogens with one attached hydrogen (secondary N) is 1. The molecule has 0 bridgehead atoms. The van der Waals surface area contributed by atoms with E-state index in [0.717, 1.165) is 18.9 Å². The van der Waals surface area contributed by atoms with Gasteiger partial charge in [-0.25, -0.2) is 0 Å². The Hall–Kier alpha value is -1.16. The Labute approximate surface area is 78.7 Å². The van der Waals surface area contributed by atoms with Crippen molar-refractivity contribution in [2.75, 3.05) is 0 Å². The van der Waals surface area contributed by atoms with Gasteiger partial charge in [0.2, 0.25) is 0 Å². The van der Waals surface area contributed by atoms with Gasteiger partial charge in [-0.2, -0.15) is 0 Å². The third-order valence-corrected chi connectivity index (χ3v) is 1.97. The molecule has 0 saturated carbocycles. The van der Waals surface area contributed by atoms with Crippen LogP contribution in [0.2, 0.25) is 0 Å². The zero-order valence-electron chi connectivity index (χ0n) is 8.20. The smallest absolute Gasteiger partial charge is 0.146 e. The summed E-state index contributed by atoms with van der Waals surface area (Å²) in [6.07, 6.45) is 3.61. The first-order valence-corrected chi connectivity index (χ1v) is 4.50. The predicted octanol–water partition coefficient (Wildman–Crippen LogP) is 0.962. The number of rotatable bonds is 5. The number of aryl methyl sites for hydroxylation is 1. The van der Waals surface area contributed by atoms with Crippen molar-refractivity contribution in [1.29, 1.82) is 0 Å². The molecular weight excluding hydrogens is 164 g/mol. The third-order valence-electron chi connectivity index (χ3n) is 1.97. The van der Waals surface area contributed by atoms with Crippen LogP contribution in [0.3, 0.4) is 0 Å². The summed E-state index contributed by atoms with van der Waals surface area (Å²) in [7, 11) is 0. The normalized spacial score (nSPS) is 12.8. The molecule has 1 atom stereocenters. The summed E-state index contributed by atoms with van der Waals surface area (Å²) in [5, 5.41) is 11.1. The summed E-state index contributed by atoms with van der Waals surface area (Å²) in [5.74, 6) is 0.969. The molecule has 72 valence electrons. The number of nitrogens with zero attached hydrogens (tertiary/aromatic N) is 3. The lowest BCUT2D eigenvalue weighted by Crippen LogP contribution is -2.24. The SMILES string of the molecule is C=CC(C)NCc1nncn1CC. The predicted molar refractivity (Wildman–Crippen MR) is 52.2 cm³/mol. The van der Waals surface area contributed by atoms with Crippen molar-refractivity contribution < 1.29 is 0 Å². The minimum absolute atomic E-state index is 0.307. The first kappa shape index (κ1) is 9.92. The molecule has 0 radical (unpaired) electrons. The first-order valence-electron chi connectivity index (χ1n) is 4.50. The van der Waals surface area contributed by atoms with Crippen LogP contribution in [0, 0.1) is 0 Å². The highest BCUT2D eigenvalue weighted by Gasteiger charge is 2.02. The maximum Gasteiger partial charge on any atom is 0.146 e. The van der Waals surface area contributed by atoms with E-state index in [2.05, 4.69) is 35.9 Å². The Morgan fingerprint density at radius 1 is 1.77 bits per heavy atom. The van der Waals surface area contributed by atoms with Crippen molar-refractivity contribution in [2.24, 2.45) is 0 Å². The van der Waals surface area contributed by atoms with E-state index in [9.17, 15) is 0 Å². The van der Waals surface area contributed by atoms with Crippen LogP contribution in [-0.2, 0) is 13.1 Å². The molecule has 0 spiro atoms. The van der Waals surface area contributed by atoms with E-state index in [-0.39, 0.29) is 0 Å². The summed E-state index contributed by atoms with van der Waals surface area (Å²) >= 11 is 0. The Bertz CT molecular complexity index is 266. The van der Waals surface area contributed by atoms with Crippen LogP contribution in [0.25, 0.3) is 0 Å². The summed E-state index contributed by atoms with van der Waals surface area (Å²) in [5.41, 5.74) is 0. The van der Waals surface area contributed by atoms with E-state index in [1.54, 1.807) is 6.33 Å². The molecule has 1 rings (SSSR count). The second-order valence-corrected chi connectivity index (χ2v) is 2.94. The Morgan fingerprint density at radius 2 is 2.54 bits per heavy atom. The molecule has 0 amide bonds. The average Bonchev–Trinajstić information content (AvgIpc) is 2.61. The topological polar surface area (TPSA) is 42.7 Å². The fourth-order valence-corrected chi connectivity index (χ4v) is 1.02. The molecule has 0 fully saturated rings. The van der Waals surface area contributed by atoms with Crippen LogP contribution in [0.15, 0.2) is 19.0 Å². The van der Waals surface area contributed by atoms with E-state index in [1.165, 1.54) is 0 Å². The van der Waals surface area contributed by atoms with E-state index in [4.69, 9.17) is 0 Å². The maximum atomic E-state index is 4.01. The Balaban J connectivity index is 2.48. The van der Waals surface area contributed by atoms with Crippen molar-refractivity contribution in [3.8, 4) is 0 Å². The van der Waals surface area contributed by atoms with Gasteiger partial charge in [0.05, 0.1) is 6.54 Å². The molecule has 1 aromatic heterocycles. The van der Waals surface area contributed by atoms with Crippen molar-refractivity contribution in [2.45, 2.75) is 33.0 Å². The number of hydrogen-bond acceptors (Lipinski definition) is 3. The van der Waals surface area contributed by atoms with E-state index in [0.29, 0.717) is 6.04 Å². The molecular formula is C9H16N4. The van der Waals surface area contributed by atoms with Crippen molar-refractivity contribution in [1.82, 2.24) is 20.1 Å². The molecule has 1 heterocycles. The lowest BCUT2D eigenvalue weighted by molar-refractivity contribution is 0.580. The Morgan fingerprint density at radius 3 is 3.15 bits per heavy atom. The molecule has 4 heteroatoms. The van der Waals surface area contributed by atoms with E-state index < -0.39 is 0 Å². The molecule has 0 aliphatic heterocycles. The highest BCUT2D eigenvalue weighted by Crippen LogP contribution is 1.95. The van der Waals surface area contributed by atoms with Gasteiger partial charge in [-0.1, -0.05) is 6.08 Å². The van der Waals surface area contributed by atoms with Crippen LogP contribution in [-0.4, -0.2) is 20.8 Å². The monoisotopic (exact) mass is 180 g/mol. The summed E-state index contributed by atoms with van der Waals surface area (Å²) in [6, 6.07) is 0.307. The average molecular weight is 180 g/mol. The second kappa shape index (κ2) is 4.77. The van der Waals surface area contributed by atoms with Crippen LogP contribution in [0.1, 0.15) is 19.7 Å². The van der Waals surface area contributed by atoms with Crippen molar-refractivity contribution in [3.05, 3.63) is 24.8 Å². The van der Waals surface area contributed by atoms with Gasteiger partial charge in [-0.15, -0.1) is 16.8 Å². The van der Waals surface area contributed by atoms with Gasteiger partial charge >= 0.3 is 0 Å². The van der Waals surface area contributed by atoms with Gasteiger partial charge < -0.3 is 9.88 Å². The van der Waals surface area contributed by atoms with E-state index >= 15 is 0 Å². The Kier molecular flexibility index (Phi) is 3.64. The largest absolute Gasteiger partial charge is 0.317 e. The third kappa shape index (κ3) is 2.66. The van der Waals surface area contributed by atoms with E-state index in [1.807, 2.05) is 10.6 Å². The number of hydrogen-bond donors (Lipinski definition) is 1. The highest BCUT2D eigenvalue weighted by molar-refractivity contribution is 4.88. The van der Waals surface area contributed by atoms with Crippen LogP contribution in [0.4, 0.5) is 0 Å². The summed E-state index contributed by atoms with van der Waals surface area (Å²) in [4.78, 5) is 0. The minimum atomic E-state index is 0.307. The molecule has 0 aliphatic carbocycles. The minimum Gasteiger partial charge on any atom is -0.317 e. The summed E-state index contributed by atoms with van der Waals surface area (Å²) in [6.45, 7) is 9.47. The van der Waals surface area contributed by atoms with Gasteiger partial charge in [-0.3, -0.25) is 0 Å². The van der Waals surface area contributed by atoms with Gasteiger partial charge in [0.25, 0.3) is 0 Å². The standard InChI is InChI=1S/C9H16N4/c1-4-8(3)10-6-9-12-11-7-13(9)5-2/h4,7-8,10H,1,5-6H2,2-3H3. The van der Waals surface area contributed by atoms with Gasteiger partial charge in [-0.05, 0) is 13.8 Å². The molecule has 0 aliphatic rings. The molecule has 1 unspecified atom stereocenters. The molecule has 1 aromatic rings. The fourth-order valence-electron chi connectivity index (χ4n) is 1.02. The lowest BCUT2D eigenvalue weighted by atomic mass is 10.3. The van der Waals surface area contributed by atoms with Crippen molar-refractivity contribution in [3.63, 3.8) is 0 Å². The second-order valence-electron chi connectivity index (χ2n) is 2.94. The zero-order chi connectivity index (χ0) is 9.68. The van der Waals surface area contributed by atoms with Crippen molar-refractivity contribution >= 4 is 0 Å². The van der Waals surface area contributed by atoms with Gasteiger partial charge in [0.15, 0.2) is 0 Å². The van der Waals surface area contributed by atoms with Crippen LogP contribution in [0.5, 0.6) is 0 Å². The van der Waals surface area contributed by atoms with Crippen LogP contribution < -0.4 is 5.32 Å². The molecule has 0 saturated heterocycles. The molecule has 4 nitrogen and oxygen atoms in total. The lowest BCUT2D eigenvalue weighted by Gasteiger charge is -2.08. The first-order chi connectivity index (χ1) is 6.27. The van der Waals surface area contributed by atoms with Crippen LogP contribution >= 0.6 is 0 Å². The quantitative estimate of drug-likeness (QED) is 0.686. The summed E-state index contributed by atoms with van der Waals surface area (Å²) < 4.78 is 2.02.